The van der Waals surface area contributed by atoms with Crippen LogP contribution in [-0.2, 0) is 6.54 Å². The molecule has 0 spiro atoms. The first-order valence-electron chi connectivity index (χ1n) is 5.61. The largest absolute Gasteiger partial charge is 0.386 e. The number of allylic oxidation sites excluding steroid dienone is 1. The number of halogens is 1. The number of hydrogen-bond donors (Lipinski definition) is 1. The van der Waals surface area contributed by atoms with Crippen LogP contribution in [0.2, 0.25) is 0 Å². The van der Waals surface area contributed by atoms with E-state index < -0.39 is 5.95 Å². The number of nitrogens with one attached hydrogen (secondary N) is 1. The Morgan fingerprint density at radius 3 is 2.89 bits per heavy atom. The minimum Gasteiger partial charge on any atom is -0.386 e. The van der Waals surface area contributed by atoms with E-state index >= 15 is 0 Å². The van der Waals surface area contributed by atoms with Crippen LogP contribution in [0.15, 0.2) is 31.1 Å². The van der Waals surface area contributed by atoms with E-state index in [2.05, 4.69) is 22.0 Å². The van der Waals surface area contributed by atoms with Crippen LogP contribution < -0.4 is 5.32 Å². The molecule has 4 nitrogen and oxygen atoms in total. The summed E-state index contributed by atoms with van der Waals surface area (Å²) in [5, 5.41) is 7.21. The molecule has 5 heteroatoms. The van der Waals surface area contributed by atoms with E-state index in [4.69, 9.17) is 0 Å². The highest BCUT2D eigenvalue weighted by Gasteiger charge is 2.08. The van der Waals surface area contributed by atoms with Crippen LogP contribution in [0.3, 0.4) is 0 Å². The summed E-state index contributed by atoms with van der Waals surface area (Å²) in [4.78, 5) is 3.87. The second-order valence-electron chi connectivity index (χ2n) is 4.10. The maximum Gasteiger partial charge on any atom is 0.213 e. The number of nitrogens with zero attached hydrogens (tertiary/aromatic N) is 3. The van der Waals surface area contributed by atoms with E-state index in [0.717, 1.165) is 16.8 Å². The Morgan fingerprint density at radius 2 is 2.28 bits per heavy atom. The number of hydrogen-bond acceptors (Lipinski definition) is 3. The summed E-state index contributed by atoms with van der Waals surface area (Å²) >= 11 is 0. The molecule has 0 amide bonds. The van der Waals surface area contributed by atoms with Crippen LogP contribution >= 0.6 is 0 Å². The van der Waals surface area contributed by atoms with Gasteiger partial charge in [0.05, 0.1) is 24.1 Å². The number of pyridine rings is 1. The molecule has 0 fully saturated rings. The van der Waals surface area contributed by atoms with Crippen LogP contribution in [0.5, 0.6) is 0 Å². The minimum atomic E-state index is -0.492. The minimum absolute atomic E-state index is 0.492. The summed E-state index contributed by atoms with van der Waals surface area (Å²) < 4.78 is 14.9. The van der Waals surface area contributed by atoms with Crippen molar-refractivity contribution in [2.24, 2.45) is 0 Å². The topological polar surface area (TPSA) is 42.7 Å². The van der Waals surface area contributed by atoms with E-state index in [1.165, 1.54) is 6.07 Å². The zero-order valence-electron chi connectivity index (χ0n) is 10.4. The molecule has 0 aliphatic rings. The average molecular weight is 246 g/mol. The van der Waals surface area contributed by atoms with Crippen LogP contribution in [-0.4, -0.2) is 21.8 Å². The standard InChI is InChI=1S/C13H15FN4/c1-9(2)13-10(4-5-12(14)17-13)7-18-8-11(15-3)6-16-18/h4-6,8,15H,1,7H2,2-3H3. The van der Waals surface area contributed by atoms with Crippen LogP contribution in [0.25, 0.3) is 5.57 Å². The van der Waals surface area contributed by atoms with Gasteiger partial charge in [-0.25, -0.2) is 4.98 Å². The Kier molecular flexibility index (Phi) is 3.41. The lowest BCUT2D eigenvalue weighted by Crippen LogP contribution is -2.05. The first-order valence-corrected chi connectivity index (χ1v) is 5.61. The highest BCUT2D eigenvalue weighted by atomic mass is 19.1. The fourth-order valence-electron chi connectivity index (χ4n) is 1.71. The van der Waals surface area contributed by atoms with Gasteiger partial charge in [0.15, 0.2) is 0 Å². The van der Waals surface area contributed by atoms with Gasteiger partial charge in [0.1, 0.15) is 0 Å². The Hall–Kier alpha value is -2.17. The van der Waals surface area contributed by atoms with Gasteiger partial charge in [-0.3, -0.25) is 4.68 Å². The Morgan fingerprint density at radius 1 is 1.50 bits per heavy atom. The van der Waals surface area contributed by atoms with Crippen molar-refractivity contribution in [3.05, 3.63) is 48.3 Å². The van der Waals surface area contributed by atoms with Gasteiger partial charge in [-0.15, -0.1) is 0 Å². The molecule has 2 rings (SSSR count). The summed E-state index contributed by atoms with van der Waals surface area (Å²) in [7, 11) is 1.83. The van der Waals surface area contributed by atoms with Crippen molar-refractivity contribution in [1.82, 2.24) is 14.8 Å². The monoisotopic (exact) mass is 246 g/mol. The Bertz CT molecular complexity index is 574. The molecule has 1 N–H and O–H groups in total. The molecule has 0 saturated heterocycles. The summed E-state index contributed by atoms with van der Waals surface area (Å²) in [5.74, 6) is -0.492. The normalized spacial score (nSPS) is 10.4. The second-order valence-corrected chi connectivity index (χ2v) is 4.10. The quantitative estimate of drug-likeness (QED) is 0.843. The lowest BCUT2D eigenvalue weighted by atomic mass is 10.1. The van der Waals surface area contributed by atoms with Crippen LogP contribution in [0.1, 0.15) is 18.2 Å². The van der Waals surface area contributed by atoms with Crippen molar-refractivity contribution in [3.63, 3.8) is 0 Å². The first kappa shape index (κ1) is 12.3. The smallest absolute Gasteiger partial charge is 0.213 e. The molecule has 0 aliphatic heterocycles. The van der Waals surface area contributed by atoms with Gasteiger partial charge in [0, 0.05) is 13.2 Å². The van der Waals surface area contributed by atoms with E-state index in [1.54, 1.807) is 16.9 Å². The summed E-state index contributed by atoms with van der Waals surface area (Å²) in [6, 6.07) is 3.07. The third-order valence-corrected chi connectivity index (χ3v) is 2.60. The summed E-state index contributed by atoms with van der Waals surface area (Å²) in [6.45, 7) is 6.17. The average Bonchev–Trinajstić information content (AvgIpc) is 2.79. The van der Waals surface area contributed by atoms with Crippen molar-refractivity contribution in [2.45, 2.75) is 13.5 Å². The molecule has 2 aromatic heterocycles. The predicted molar refractivity (Wildman–Crippen MR) is 69.8 cm³/mol. The highest BCUT2D eigenvalue weighted by molar-refractivity contribution is 5.60. The number of aromatic nitrogens is 3. The zero-order valence-corrected chi connectivity index (χ0v) is 10.4. The van der Waals surface area contributed by atoms with E-state index in [-0.39, 0.29) is 0 Å². The molecule has 94 valence electrons. The highest BCUT2D eigenvalue weighted by Crippen LogP contribution is 2.17. The third kappa shape index (κ3) is 2.56. The van der Waals surface area contributed by atoms with Crippen molar-refractivity contribution in [1.29, 1.82) is 0 Å². The van der Waals surface area contributed by atoms with Crippen molar-refractivity contribution in [3.8, 4) is 0 Å². The molecule has 0 atom stereocenters. The summed E-state index contributed by atoms with van der Waals surface area (Å²) in [6.07, 6.45) is 3.61. The van der Waals surface area contributed by atoms with Gasteiger partial charge in [-0.1, -0.05) is 12.6 Å². The molecule has 0 radical (unpaired) electrons. The maximum absolute atomic E-state index is 13.1. The lowest BCUT2D eigenvalue weighted by molar-refractivity contribution is 0.577. The van der Waals surface area contributed by atoms with Crippen molar-refractivity contribution in [2.75, 3.05) is 12.4 Å². The fraction of sp³-hybridized carbons (Fsp3) is 0.231. The van der Waals surface area contributed by atoms with E-state index in [0.29, 0.717) is 12.2 Å². The van der Waals surface area contributed by atoms with Crippen molar-refractivity contribution < 1.29 is 4.39 Å². The van der Waals surface area contributed by atoms with Crippen LogP contribution in [0.4, 0.5) is 10.1 Å². The molecule has 0 bridgehead atoms. The van der Waals surface area contributed by atoms with Gasteiger partial charge in [-0.05, 0) is 24.1 Å². The molecule has 0 saturated carbocycles. The zero-order chi connectivity index (χ0) is 13.1. The Labute approximate surface area is 105 Å². The van der Waals surface area contributed by atoms with Crippen molar-refractivity contribution >= 4 is 11.3 Å². The van der Waals surface area contributed by atoms with E-state index in [1.807, 2.05) is 20.2 Å². The molecular formula is C13H15FN4. The van der Waals surface area contributed by atoms with Gasteiger partial charge in [0.2, 0.25) is 5.95 Å². The first-order chi connectivity index (χ1) is 8.60. The Balaban J connectivity index is 2.30. The summed E-state index contributed by atoms with van der Waals surface area (Å²) in [5.41, 5.74) is 3.17. The molecule has 0 aliphatic carbocycles. The third-order valence-electron chi connectivity index (χ3n) is 2.60. The molecule has 2 aromatic rings. The molecule has 2 heterocycles. The SMILES string of the molecule is C=C(C)c1nc(F)ccc1Cn1cc(NC)cn1. The molecule has 0 aromatic carbocycles. The van der Waals surface area contributed by atoms with Gasteiger partial charge in [-0.2, -0.15) is 9.49 Å². The molecule has 18 heavy (non-hydrogen) atoms. The number of rotatable bonds is 4. The van der Waals surface area contributed by atoms with Gasteiger partial charge >= 0.3 is 0 Å². The van der Waals surface area contributed by atoms with Gasteiger partial charge in [0.25, 0.3) is 0 Å². The predicted octanol–water partition coefficient (Wildman–Crippen LogP) is 2.54. The molecular weight excluding hydrogens is 231 g/mol. The van der Waals surface area contributed by atoms with Gasteiger partial charge < -0.3 is 5.32 Å². The number of anilines is 1. The maximum atomic E-state index is 13.1. The lowest BCUT2D eigenvalue weighted by Gasteiger charge is -2.08. The van der Waals surface area contributed by atoms with Crippen LogP contribution in [0, 0.1) is 5.95 Å². The fourth-order valence-corrected chi connectivity index (χ4v) is 1.71. The van der Waals surface area contributed by atoms with E-state index in [9.17, 15) is 4.39 Å². The molecule has 0 unspecified atom stereocenters. The second kappa shape index (κ2) is 5.00.